The van der Waals surface area contributed by atoms with E-state index in [4.69, 9.17) is 0 Å². The van der Waals surface area contributed by atoms with Crippen molar-refractivity contribution in [3.8, 4) is 0 Å². The fraction of sp³-hybridized carbons (Fsp3) is 0.571. The van der Waals surface area contributed by atoms with Crippen molar-refractivity contribution in [3.05, 3.63) is 35.9 Å². The number of piperidine rings is 1. The second-order valence-electron chi connectivity index (χ2n) is 4.79. The maximum Gasteiger partial charge on any atom is 0.0599 e. The Labute approximate surface area is 98.7 Å². The van der Waals surface area contributed by atoms with Crippen molar-refractivity contribution in [2.45, 2.75) is 38.4 Å². The summed E-state index contributed by atoms with van der Waals surface area (Å²) in [5, 5.41) is 3.71. The third-order valence-electron chi connectivity index (χ3n) is 3.51. The number of likely N-dealkylation sites (tertiary alicyclic amines) is 1. The average Bonchev–Trinajstić information content (AvgIpc) is 2.33. The summed E-state index contributed by atoms with van der Waals surface area (Å²) in [6.45, 7) is 3.47. The average molecular weight is 218 g/mol. The van der Waals surface area contributed by atoms with E-state index in [1.165, 1.54) is 31.4 Å². The van der Waals surface area contributed by atoms with E-state index in [2.05, 4.69) is 54.5 Å². The van der Waals surface area contributed by atoms with Gasteiger partial charge in [0.1, 0.15) is 0 Å². The predicted octanol–water partition coefficient (Wildman–Crippen LogP) is 2.78. The molecule has 1 aromatic carbocycles. The standard InChI is InChI=1S/C14H22N2/c1-12(13-8-4-3-5-9-13)15-14-10-6-7-11-16(14)2/h3-5,8-9,12,14-15H,6-7,10-11H2,1-2H3. The van der Waals surface area contributed by atoms with E-state index in [9.17, 15) is 0 Å². The molecule has 2 rings (SSSR count). The highest BCUT2D eigenvalue weighted by molar-refractivity contribution is 5.18. The molecule has 2 unspecified atom stereocenters. The number of hydrogen-bond donors (Lipinski definition) is 1. The Morgan fingerprint density at radius 2 is 2.00 bits per heavy atom. The molecule has 1 aromatic rings. The lowest BCUT2D eigenvalue weighted by molar-refractivity contribution is 0.143. The molecule has 0 amide bonds. The predicted molar refractivity (Wildman–Crippen MR) is 68.3 cm³/mol. The summed E-state index contributed by atoms with van der Waals surface area (Å²) in [6.07, 6.45) is 4.51. The summed E-state index contributed by atoms with van der Waals surface area (Å²) >= 11 is 0. The van der Waals surface area contributed by atoms with Crippen molar-refractivity contribution in [1.29, 1.82) is 0 Å². The molecule has 1 fully saturated rings. The van der Waals surface area contributed by atoms with E-state index < -0.39 is 0 Å². The Morgan fingerprint density at radius 3 is 2.69 bits per heavy atom. The third kappa shape index (κ3) is 2.83. The molecule has 0 saturated carbocycles. The van der Waals surface area contributed by atoms with Crippen LogP contribution in [-0.4, -0.2) is 24.7 Å². The molecule has 1 saturated heterocycles. The van der Waals surface area contributed by atoms with E-state index in [0.717, 1.165) is 0 Å². The normalized spacial score (nSPS) is 24.2. The number of benzene rings is 1. The zero-order chi connectivity index (χ0) is 11.4. The van der Waals surface area contributed by atoms with Crippen molar-refractivity contribution in [1.82, 2.24) is 10.2 Å². The van der Waals surface area contributed by atoms with Crippen LogP contribution in [0.1, 0.15) is 37.8 Å². The molecular formula is C14H22N2. The molecule has 2 heteroatoms. The molecule has 1 N–H and O–H groups in total. The lowest BCUT2D eigenvalue weighted by Gasteiger charge is -2.35. The number of nitrogens with one attached hydrogen (secondary N) is 1. The van der Waals surface area contributed by atoms with Gasteiger partial charge >= 0.3 is 0 Å². The van der Waals surface area contributed by atoms with Gasteiger partial charge in [0.15, 0.2) is 0 Å². The van der Waals surface area contributed by atoms with Gasteiger partial charge in [0.25, 0.3) is 0 Å². The zero-order valence-electron chi connectivity index (χ0n) is 10.3. The SMILES string of the molecule is CC(NC1CCCCN1C)c1ccccc1. The van der Waals surface area contributed by atoms with Crippen LogP contribution in [0.15, 0.2) is 30.3 Å². The van der Waals surface area contributed by atoms with E-state index in [-0.39, 0.29) is 0 Å². The summed E-state index contributed by atoms with van der Waals surface area (Å²) in [4.78, 5) is 2.43. The van der Waals surface area contributed by atoms with Gasteiger partial charge in [-0.05, 0) is 45.3 Å². The molecule has 2 nitrogen and oxygen atoms in total. The van der Waals surface area contributed by atoms with Gasteiger partial charge in [-0.15, -0.1) is 0 Å². The smallest absolute Gasteiger partial charge is 0.0599 e. The van der Waals surface area contributed by atoms with Crippen LogP contribution in [0.2, 0.25) is 0 Å². The van der Waals surface area contributed by atoms with Crippen molar-refractivity contribution >= 4 is 0 Å². The quantitative estimate of drug-likeness (QED) is 0.839. The Kier molecular flexibility index (Phi) is 3.97. The van der Waals surface area contributed by atoms with Crippen LogP contribution in [0, 0.1) is 0 Å². The van der Waals surface area contributed by atoms with Gasteiger partial charge in [0.05, 0.1) is 6.17 Å². The first-order chi connectivity index (χ1) is 7.77. The molecule has 16 heavy (non-hydrogen) atoms. The minimum Gasteiger partial charge on any atom is -0.295 e. The van der Waals surface area contributed by atoms with Crippen LogP contribution < -0.4 is 5.32 Å². The van der Waals surface area contributed by atoms with E-state index in [1.54, 1.807) is 0 Å². The zero-order valence-corrected chi connectivity index (χ0v) is 10.3. The Hall–Kier alpha value is -0.860. The Morgan fingerprint density at radius 1 is 1.25 bits per heavy atom. The van der Waals surface area contributed by atoms with E-state index in [0.29, 0.717) is 12.2 Å². The van der Waals surface area contributed by atoms with Gasteiger partial charge in [-0.2, -0.15) is 0 Å². The summed E-state index contributed by atoms with van der Waals surface area (Å²) in [6, 6.07) is 11.1. The van der Waals surface area contributed by atoms with Gasteiger partial charge in [-0.25, -0.2) is 0 Å². The van der Waals surface area contributed by atoms with Crippen molar-refractivity contribution < 1.29 is 0 Å². The minimum atomic E-state index is 0.437. The molecule has 88 valence electrons. The van der Waals surface area contributed by atoms with Gasteiger partial charge in [-0.3, -0.25) is 10.2 Å². The Bertz CT molecular complexity index is 310. The largest absolute Gasteiger partial charge is 0.295 e. The van der Waals surface area contributed by atoms with Crippen LogP contribution in [0.3, 0.4) is 0 Å². The maximum absolute atomic E-state index is 3.71. The highest BCUT2D eigenvalue weighted by atomic mass is 15.3. The van der Waals surface area contributed by atoms with Crippen molar-refractivity contribution in [2.24, 2.45) is 0 Å². The van der Waals surface area contributed by atoms with Crippen LogP contribution in [0.25, 0.3) is 0 Å². The van der Waals surface area contributed by atoms with Crippen LogP contribution in [0.5, 0.6) is 0 Å². The number of rotatable bonds is 3. The third-order valence-corrected chi connectivity index (χ3v) is 3.51. The maximum atomic E-state index is 3.71. The topological polar surface area (TPSA) is 15.3 Å². The molecule has 0 radical (unpaired) electrons. The van der Waals surface area contributed by atoms with E-state index in [1.807, 2.05) is 0 Å². The molecule has 0 spiro atoms. The summed E-state index contributed by atoms with van der Waals surface area (Å²) in [5.74, 6) is 0. The second-order valence-corrected chi connectivity index (χ2v) is 4.79. The first-order valence-corrected chi connectivity index (χ1v) is 6.28. The molecule has 1 aliphatic rings. The highest BCUT2D eigenvalue weighted by Gasteiger charge is 2.20. The molecule has 2 atom stereocenters. The number of nitrogens with zero attached hydrogens (tertiary/aromatic N) is 1. The molecule has 0 aliphatic carbocycles. The highest BCUT2D eigenvalue weighted by Crippen LogP contribution is 2.18. The Balaban J connectivity index is 1.94. The van der Waals surface area contributed by atoms with Crippen LogP contribution >= 0.6 is 0 Å². The fourth-order valence-electron chi connectivity index (χ4n) is 2.41. The number of hydrogen-bond acceptors (Lipinski definition) is 2. The van der Waals surface area contributed by atoms with Crippen LogP contribution in [-0.2, 0) is 0 Å². The lowest BCUT2D eigenvalue weighted by atomic mass is 10.1. The van der Waals surface area contributed by atoms with Crippen molar-refractivity contribution in [3.63, 3.8) is 0 Å². The first kappa shape index (κ1) is 11.6. The van der Waals surface area contributed by atoms with Crippen LogP contribution in [0.4, 0.5) is 0 Å². The summed E-state index contributed by atoms with van der Waals surface area (Å²) in [7, 11) is 2.22. The second kappa shape index (κ2) is 5.46. The van der Waals surface area contributed by atoms with Gasteiger partial charge in [-0.1, -0.05) is 30.3 Å². The molecule has 0 bridgehead atoms. The molecule has 1 heterocycles. The molecule has 1 aliphatic heterocycles. The first-order valence-electron chi connectivity index (χ1n) is 6.28. The lowest BCUT2D eigenvalue weighted by Crippen LogP contribution is -2.47. The van der Waals surface area contributed by atoms with Gasteiger partial charge in [0, 0.05) is 6.04 Å². The van der Waals surface area contributed by atoms with Gasteiger partial charge < -0.3 is 0 Å². The van der Waals surface area contributed by atoms with Crippen molar-refractivity contribution in [2.75, 3.05) is 13.6 Å². The molecule has 0 aromatic heterocycles. The minimum absolute atomic E-state index is 0.437. The molecular weight excluding hydrogens is 196 g/mol. The fourth-order valence-corrected chi connectivity index (χ4v) is 2.41. The summed E-state index contributed by atoms with van der Waals surface area (Å²) in [5.41, 5.74) is 1.38. The van der Waals surface area contributed by atoms with Gasteiger partial charge in [0.2, 0.25) is 0 Å². The van der Waals surface area contributed by atoms with E-state index >= 15 is 0 Å². The monoisotopic (exact) mass is 218 g/mol. The summed E-state index contributed by atoms with van der Waals surface area (Å²) < 4.78 is 0.